The molecule has 0 radical (unpaired) electrons. The predicted octanol–water partition coefficient (Wildman–Crippen LogP) is 2.56. The van der Waals surface area contributed by atoms with Gasteiger partial charge in [0.2, 0.25) is 0 Å². The fraction of sp³-hybridized carbons (Fsp3) is 0.263. The maximum Gasteiger partial charge on any atom is 0.313 e. The van der Waals surface area contributed by atoms with E-state index in [9.17, 15) is 9.59 Å². The van der Waals surface area contributed by atoms with Crippen molar-refractivity contribution in [3.05, 3.63) is 54.1 Å². The molecule has 0 spiro atoms. The number of amides is 2. The highest BCUT2D eigenvalue weighted by molar-refractivity contribution is 6.39. The van der Waals surface area contributed by atoms with Crippen molar-refractivity contribution >= 4 is 17.5 Å². The Bertz CT molecular complexity index is 731. The minimum Gasteiger partial charge on any atom is -0.497 e. The fourth-order valence-electron chi connectivity index (χ4n) is 2.32. The van der Waals surface area contributed by atoms with Crippen LogP contribution < -0.4 is 20.1 Å². The molecular formula is C19H22N2O4. The molecule has 0 aliphatic heterocycles. The van der Waals surface area contributed by atoms with Gasteiger partial charge in [0.25, 0.3) is 0 Å². The smallest absolute Gasteiger partial charge is 0.313 e. The Hall–Kier alpha value is -3.02. The van der Waals surface area contributed by atoms with Gasteiger partial charge in [-0.05, 0) is 23.6 Å². The largest absolute Gasteiger partial charge is 0.497 e. The zero-order chi connectivity index (χ0) is 18.2. The molecule has 6 nitrogen and oxygen atoms in total. The van der Waals surface area contributed by atoms with Crippen molar-refractivity contribution in [3.63, 3.8) is 0 Å². The van der Waals surface area contributed by atoms with Crippen molar-refractivity contribution in [3.8, 4) is 11.5 Å². The lowest BCUT2D eigenvalue weighted by Crippen LogP contribution is -2.37. The highest BCUT2D eigenvalue weighted by Gasteiger charge is 2.17. The third-order valence-corrected chi connectivity index (χ3v) is 3.80. The molecule has 25 heavy (non-hydrogen) atoms. The monoisotopic (exact) mass is 342 g/mol. The van der Waals surface area contributed by atoms with Crippen molar-refractivity contribution in [1.29, 1.82) is 0 Å². The van der Waals surface area contributed by atoms with Gasteiger partial charge in [0, 0.05) is 12.6 Å². The minimum atomic E-state index is -0.758. The van der Waals surface area contributed by atoms with E-state index in [1.165, 1.54) is 14.2 Å². The lowest BCUT2D eigenvalue weighted by molar-refractivity contribution is -0.136. The van der Waals surface area contributed by atoms with Gasteiger partial charge in [-0.25, -0.2) is 0 Å². The van der Waals surface area contributed by atoms with Crippen LogP contribution in [-0.2, 0) is 9.59 Å². The summed E-state index contributed by atoms with van der Waals surface area (Å²) in [4.78, 5) is 24.2. The first kappa shape index (κ1) is 18.3. The van der Waals surface area contributed by atoms with Crippen LogP contribution in [0.5, 0.6) is 11.5 Å². The number of nitrogens with one attached hydrogen (secondary N) is 2. The van der Waals surface area contributed by atoms with Crippen molar-refractivity contribution in [2.24, 2.45) is 0 Å². The van der Waals surface area contributed by atoms with E-state index in [0.29, 0.717) is 23.7 Å². The van der Waals surface area contributed by atoms with Crippen LogP contribution in [0, 0.1) is 0 Å². The van der Waals surface area contributed by atoms with E-state index >= 15 is 0 Å². The van der Waals surface area contributed by atoms with Crippen molar-refractivity contribution in [1.82, 2.24) is 5.32 Å². The Morgan fingerprint density at radius 3 is 2.36 bits per heavy atom. The van der Waals surface area contributed by atoms with Gasteiger partial charge < -0.3 is 20.1 Å². The molecule has 0 aromatic heterocycles. The highest BCUT2D eigenvalue weighted by Crippen LogP contribution is 2.28. The Morgan fingerprint density at radius 1 is 1.00 bits per heavy atom. The van der Waals surface area contributed by atoms with Crippen molar-refractivity contribution in [2.45, 2.75) is 12.8 Å². The minimum absolute atomic E-state index is 0.101. The van der Waals surface area contributed by atoms with Gasteiger partial charge in [0.1, 0.15) is 11.5 Å². The molecule has 0 unspecified atom stereocenters. The zero-order valence-corrected chi connectivity index (χ0v) is 14.5. The topological polar surface area (TPSA) is 76.7 Å². The summed E-state index contributed by atoms with van der Waals surface area (Å²) in [6.45, 7) is 2.35. The number of anilines is 1. The molecule has 0 fully saturated rings. The molecule has 0 heterocycles. The number of benzene rings is 2. The lowest BCUT2D eigenvalue weighted by Gasteiger charge is -2.14. The van der Waals surface area contributed by atoms with Gasteiger partial charge >= 0.3 is 11.8 Å². The van der Waals surface area contributed by atoms with E-state index in [2.05, 4.69) is 10.6 Å². The first-order valence-electron chi connectivity index (χ1n) is 7.91. The summed E-state index contributed by atoms with van der Waals surface area (Å²) in [5.41, 5.74) is 1.47. The number of methoxy groups -OCH3 is 2. The molecule has 2 amide bonds. The summed E-state index contributed by atoms with van der Waals surface area (Å²) in [5, 5.41) is 5.19. The Labute approximate surface area is 147 Å². The van der Waals surface area contributed by atoms with E-state index in [-0.39, 0.29) is 5.92 Å². The van der Waals surface area contributed by atoms with E-state index in [0.717, 1.165) is 5.56 Å². The first-order chi connectivity index (χ1) is 12.0. The predicted molar refractivity (Wildman–Crippen MR) is 96.0 cm³/mol. The summed E-state index contributed by atoms with van der Waals surface area (Å²) in [7, 11) is 3.00. The third kappa shape index (κ3) is 4.97. The number of hydrogen-bond acceptors (Lipinski definition) is 4. The van der Waals surface area contributed by atoms with Gasteiger partial charge in [-0.15, -0.1) is 0 Å². The van der Waals surface area contributed by atoms with Crippen LogP contribution in [0.15, 0.2) is 48.5 Å². The van der Waals surface area contributed by atoms with Crippen LogP contribution in [0.3, 0.4) is 0 Å². The molecule has 2 aromatic rings. The van der Waals surface area contributed by atoms with Crippen LogP contribution >= 0.6 is 0 Å². The second-order valence-corrected chi connectivity index (χ2v) is 5.54. The van der Waals surface area contributed by atoms with Gasteiger partial charge in [-0.2, -0.15) is 0 Å². The highest BCUT2D eigenvalue weighted by atomic mass is 16.5. The van der Waals surface area contributed by atoms with Gasteiger partial charge in [-0.1, -0.05) is 37.3 Å². The SMILES string of the molecule is COc1ccc(OC)c(NC(=O)C(=O)NC[C@@H](C)c2ccccc2)c1. The molecule has 2 N–H and O–H groups in total. The summed E-state index contributed by atoms with van der Waals surface area (Å²) in [6.07, 6.45) is 0. The molecule has 0 saturated carbocycles. The normalized spacial score (nSPS) is 11.3. The molecule has 6 heteroatoms. The Kier molecular flexibility index (Phi) is 6.39. The fourth-order valence-corrected chi connectivity index (χ4v) is 2.32. The molecule has 132 valence electrons. The number of hydrogen-bond donors (Lipinski definition) is 2. The maximum atomic E-state index is 12.1. The van der Waals surface area contributed by atoms with Crippen LogP contribution in [0.4, 0.5) is 5.69 Å². The van der Waals surface area contributed by atoms with Crippen LogP contribution in [-0.4, -0.2) is 32.6 Å². The van der Waals surface area contributed by atoms with E-state index in [1.54, 1.807) is 18.2 Å². The van der Waals surface area contributed by atoms with Gasteiger partial charge in [0.05, 0.1) is 19.9 Å². The summed E-state index contributed by atoms with van der Waals surface area (Å²) < 4.78 is 10.3. The maximum absolute atomic E-state index is 12.1. The molecule has 0 aliphatic rings. The molecule has 2 aromatic carbocycles. The summed E-state index contributed by atoms with van der Waals surface area (Å²) in [5.74, 6) is -0.363. The second-order valence-electron chi connectivity index (χ2n) is 5.54. The average Bonchev–Trinajstić information content (AvgIpc) is 2.66. The van der Waals surface area contributed by atoms with Crippen LogP contribution in [0.2, 0.25) is 0 Å². The van der Waals surface area contributed by atoms with Gasteiger partial charge in [-0.3, -0.25) is 9.59 Å². The standard InChI is InChI=1S/C19H22N2O4/c1-13(14-7-5-4-6-8-14)12-20-18(22)19(23)21-16-11-15(24-2)9-10-17(16)25-3/h4-11,13H,12H2,1-3H3,(H,20,22)(H,21,23)/t13-/m1/s1. The molecule has 0 bridgehead atoms. The first-order valence-corrected chi connectivity index (χ1v) is 7.91. The lowest BCUT2D eigenvalue weighted by atomic mass is 10.0. The zero-order valence-electron chi connectivity index (χ0n) is 14.5. The summed E-state index contributed by atoms with van der Waals surface area (Å²) in [6, 6.07) is 14.7. The Balaban J connectivity index is 1.95. The Morgan fingerprint density at radius 2 is 1.72 bits per heavy atom. The average molecular weight is 342 g/mol. The number of ether oxygens (including phenoxy) is 2. The molecule has 0 aliphatic carbocycles. The van der Waals surface area contributed by atoms with Crippen molar-refractivity contribution in [2.75, 3.05) is 26.1 Å². The quantitative estimate of drug-likeness (QED) is 0.791. The van der Waals surface area contributed by atoms with Crippen LogP contribution in [0.25, 0.3) is 0 Å². The van der Waals surface area contributed by atoms with E-state index < -0.39 is 11.8 Å². The molecule has 1 atom stereocenters. The number of rotatable bonds is 6. The van der Waals surface area contributed by atoms with Gasteiger partial charge in [0.15, 0.2) is 0 Å². The van der Waals surface area contributed by atoms with E-state index in [4.69, 9.17) is 9.47 Å². The van der Waals surface area contributed by atoms with Crippen LogP contribution in [0.1, 0.15) is 18.4 Å². The second kappa shape index (κ2) is 8.73. The molecular weight excluding hydrogens is 320 g/mol. The van der Waals surface area contributed by atoms with E-state index in [1.807, 2.05) is 37.3 Å². The third-order valence-electron chi connectivity index (χ3n) is 3.80. The summed E-state index contributed by atoms with van der Waals surface area (Å²) >= 11 is 0. The number of carbonyl (C=O) groups excluding carboxylic acids is 2. The molecule has 0 saturated heterocycles. The van der Waals surface area contributed by atoms with Crippen molar-refractivity contribution < 1.29 is 19.1 Å². The number of carbonyl (C=O) groups is 2. The molecule has 2 rings (SSSR count).